The number of likely N-dealkylation sites (N-methyl/N-ethyl adjacent to an activating group) is 1. The molecule has 0 radical (unpaired) electrons. The van der Waals surface area contributed by atoms with E-state index in [1.54, 1.807) is 0 Å². The summed E-state index contributed by atoms with van der Waals surface area (Å²) < 4.78 is 22.7. The third-order valence-electron chi connectivity index (χ3n) is 12.7. The highest BCUT2D eigenvalue weighted by Crippen LogP contribution is 2.16. The van der Waals surface area contributed by atoms with E-state index in [1.165, 1.54) is 135 Å². The maximum atomic E-state index is 12.9. The number of quaternary nitrogens is 1. The first kappa shape index (κ1) is 68.7. The highest BCUT2D eigenvalue weighted by atomic mass is 16.7. The van der Waals surface area contributed by atoms with Gasteiger partial charge in [0.2, 0.25) is 0 Å². The molecule has 0 aromatic rings. The Morgan fingerprint density at radius 2 is 0.792 bits per heavy atom. The quantitative estimate of drug-likeness (QED) is 0.0195. The van der Waals surface area contributed by atoms with Gasteiger partial charge in [-0.1, -0.05) is 228 Å². The van der Waals surface area contributed by atoms with Crippen LogP contribution in [0.3, 0.4) is 0 Å². The molecule has 72 heavy (non-hydrogen) atoms. The van der Waals surface area contributed by atoms with Crippen molar-refractivity contribution in [2.24, 2.45) is 0 Å². The number of esters is 2. The summed E-state index contributed by atoms with van der Waals surface area (Å²) in [6.07, 6.45) is 66.6. The molecule has 9 heteroatoms. The normalized spacial score (nSPS) is 13.3. The molecule has 0 aromatic carbocycles. The third kappa shape index (κ3) is 54.5. The van der Waals surface area contributed by atoms with Crippen molar-refractivity contribution in [1.82, 2.24) is 0 Å². The number of ether oxygens (including phenoxy) is 4. The molecule has 0 amide bonds. The Hall–Kier alpha value is -3.27. The Bertz CT molecular complexity index is 1410. The molecule has 0 bridgehead atoms. The molecule has 0 fully saturated rings. The van der Waals surface area contributed by atoms with Crippen LogP contribution in [0.15, 0.2) is 72.9 Å². The Labute approximate surface area is 443 Å². The van der Waals surface area contributed by atoms with Gasteiger partial charge in [0.15, 0.2) is 12.4 Å². The number of rotatable bonds is 54. The molecular formula is C63H111NO8. The summed E-state index contributed by atoms with van der Waals surface area (Å²) in [5.41, 5.74) is 0. The zero-order valence-corrected chi connectivity index (χ0v) is 47.3. The predicted octanol–water partition coefficient (Wildman–Crippen LogP) is 16.1. The number of hydrogen-bond donors (Lipinski definition) is 0. The molecule has 0 aliphatic heterocycles. The second-order valence-corrected chi connectivity index (χ2v) is 20.9. The minimum atomic E-state index is -1.62. The zero-order valence-electron chi connectivity index (χ0n) is 47.3. The van der Waals surface area contributed by atoms with E-state index >= 15 is 0 Å². The Kier molecular flexibility index (Phi) is 51.6. The number of carboxylic acid groups (broad SMARTS) is 1. The molecule has 0 saturated heterocycles. The lowest BCUT2D eigenvalue weighted by Crippen LogP contribution is -2.44. The Balaban J connectivity index is 4.21. The summed E-state index contributed by atoms with van der Waals surface area (Å²) in [6, 6.07) is 0. The number of carboxylic acids is 1. The topological polar surface area (TPSA) is 111 Å². The molecular weight excluding hydrogens is 899 g/mol. The molecule has 0 rings (SSSR count). The summed E-state index contributed by atoms with van der Waals surface area (Å²) in [6.45, 7) is 4.64. The number of nitrogens with zero attached hydrogens (tertiary/aromatic N) is 1. The summed E-state index contributed by atoms with van der Waals surface area (Å²) >= 11 is 0. The number of carbonyl (C=O) groups is 3. The van der Waals surface area contributed by atoms with Crippen LogP contribution in [0.25, 0.3) is 0 Å². The minimum Gasteiger partial charge on any atom is -0.545 e. The van der Waals surface area contributed by atoms with Crippen LogP contribution in [0.1, 0.15) is 251 Å². The van der Waals surface area contributed by atoms with Crippen molar-refractivity contribution in [3.05, 3.63) is 72.9 Å². The van der Waals surface area contributed by atoms with Crippen LogP contribution in [0.2, 0.25) is 0 Å². The van der Waals surface area contributed by atoms with Gasteiger partial charge in [0.1, 0.15) is 13.2 Å². The fourth-order valence-corrected chi connectivity index (χ4v) is 8.15. The number of carbonyl (C=O) groups excluding carboxylic acids is 3. The number of unbranched alkanes of at least 4 members (excludes halogenated alkanes) is 27. The van der Waals surface area contributed by atoms with Crippen LogP contribution < -0.4 is 5.11 Å². The Morgan fingerprint density at radius 3 is 1.19 bits per heavy atom. The van der Waals surface area contributed by atoms with Crippen molar-refractivity contribution in [2.75, 3.05) is 47.5 Å². The van der Waals surface area contributed by atoms with Gasteiger partial charge in [-0.3, -0.25) is 9.59 Å². The molecule has 2 unspecified atom stereocenters. The van der Waals surface area contributed by atoms with Gasteiger partial charge in [-0.2, -0.15) is 0 Å². The van der Waals surface area contributed by atoms with Crippen LogP contribution in [-0.2, 0) is 33.3 Å². The summed E-state index contributed by atoms with van der Waals surface area (Å²) in [4.78, 5) is 37.3. The first-order valence-electron chi connectivity index (χ1n) is 29.6. The fourth-order valence-electron chi connectivity index (χ4n) is 8.15. The summed E-state index contributed by atoms with van der Waals surface area (Å²) in [5, 5.41) is 11.8. The average molecular weight is 1010 g/mol. The van der Waals surface area contributed by atoms with Gasteiger partial charge in [0.25, 0.3) is 0 Å². The molecule has 9 nitrogen and oxygen atoms in total. The molecule has 0 saturated carbocycles. The maximum Gasteiger partial charge on any atom is 0.306 e. The molecule has 0 aliphatic carbocycles. The van der Waals surface area contributed by atoms with Gasteiger partial charge in [0, 0.05) is 12.8 Å². The van der Waals surface area contributed by atoms with Crippen LogP contribution in [-0.4, -0.2) is 82.3 Å². The van der Waals surface area contributed by atoms with Gasteiger partial charge in [-0.05, 0) is 83.5 Å². The van der Waals surface area contributed by atoms with E-state index in [0.29, 0.717) is 17.4 Å². The van der Waals surface area contributed by atoms with E-state index in [0.717, 1.165) is 83.5 Å². The lowest BCUT2D eigenvalue weighted by molar-refractivity contribution is -0.870. The van der Waals surface area contributed by atoms with Crippen LogP contribution in [0.5, 0.6) is 0 Å². The number of allylic oxidation sites excluding steroid dienone is 12. The highest BCUT2D eigenvalue weighted by Gasteiger charge is 2.22. The van der Waals surface area contributed by atoms with Gasteiger partial charge in [-0.25, -0.2) is 0 Å². The molecule has 0 aliphatic rings. The van der Waals surface area contributed by atoms with E-state index in [9.17, 15) is 19.5 Å². The highest BCUT2D eigenvalue weighted by molar-refractivity contribution is 5.70. The summed E-state index contributed by atoms with van der Waals surface area (Å²) in [7, 11) is 5.92. The predicted molar refractivity (Wildman–Crippen MR) is 301 cm³/mol. The van der Waals surface area contributed by atoms with E-state index in [-0.39, 0.29) is 38.6 Å². The summed E-state index contributed by atoms with van der Waals surface area (Å²) in [5.74, 6) is -2.29. The van der Waals surface area contributed by atoms with Gasteiger partial charge in [-0.15, -0.1) is 0 Å². The van der Waals surface area contributed by atoms with E-state index in [2.05, 4.69) is 86.8 Å². The van der Waals surface area contributed by atoms with Gasteiger partial charge >= 0.3 is 11.9 Å². The van der Waals surface area contributed by atoms with Crippen molar-refractivity contribution in [1.29, 1.82) is 0 Å². The van der Waals surface area contributed by atoms with Crippen molar-refractivity contribution in [3.8, 4) is 0 Å². The molecule has 0 aromatic heterocycles. The van der Waals surface area contributed by atoms with E-state index in [4.69, 9.17) is 18.9 Å². The van der Waals surface area contributed by atoms with Crippen molar-refractivity contribution in [3.63, 3.8) is 0 Å². The van der Waals surface area contributed by atoms with Crippen molar-refractivity contribution >= 4 is 17.9 Å². The second kappa shape index (κ2) is 54.0. The van der Waals surface area contributed by atoms with Crippen molar-refractivity contribution in [2.45, 2.75) is 264 Å². The smallest absolute Gasteiger partial charge is 0.306 e. The van der Waals surface area contributed by atoms with Crippen LogP contribution in [0, 0.1) is 0 Å². The second-order valence-electron chi connectivity index (χ2n) is 20.9. The monoisotopic (exact) mass is 1010 g/mol. The van der Waals surface area contributed by atoms with Crippen molar-refractivity contribution < 1.29 is 42.9 Å². The Morgan fingerprint density at radius 1 is 0.431 bits per heavy atom. The largest absolute Gasteiger partial charge is 0.545 e. The molecule has 0 heterocycles. The molecule has 0 N–H and O–H groups in total. The molecule has 2 atom stereocenters. The van der Waals surface area contributed by atoms with E-state index in [1.807, 2.05) is 21.1 Å². The van der Waals surface area contributed by atoms with E-state index < -0.39 is 24.3 Å². The number of hydrogen-bond acceptors (Lipinski definition) is 8. The SMILES string of the molecule is CC/C=C\C/C=C\C/C=C\C/C=C\C/C=C\CCCCCCCCCCCCCCCC(=O)OC(COC(=O)CCCCCCCCC/C=C\CCCCCCCCC)COC(OCC[N+](C)(C)C)C(=O)[O-]. The standard InChI is InChI=1S/C63H111NO8/c1-6-8-10-12-14-16-18-20-22-24-26-27-28-29-30-31-32-33-34-35-36-38-40-42-44-46-48-50-52-54-61(66)72-59(58-71-63(62(67)68)69-56-55-64(3,4)5)57-70-60(65)53-51-49-47-45-43-41-39-37-25-23-21-19-17-15-13-11-9-7-2/h8,10,14,16,20,22-23,25-27,29-30,59,63H,6-7,9,11-13,15,17-19,21,24,28,31-58H2,1-5H3/b10-8-,16-14-,22-20-,25-23-,27-26-,30-29-. The number of aliphatic carboxylic acids is 1. The first-order valence-corrected chi connectivity index (χ1v) is 29.6. The first-order chi connectivity index (χ1) is 35.1. The molecule has 0 spiro atoms. The van der Waals surface area contributed by atoms with Crippen LogP contribution >= 0.6 is 0 Å². The fraction of sp³-hybridized carbons (Fsp3) is 0.762. The van der Waals surface area contributed by atoms with Gasteiger partial charge in [0.05, 0.1) is 40.3 Å². The average Bonchev–Trinajstić information content (AvgIpc) is 3.35. The zero-order chi connectivity index (χ0) is 52.7. The van der Waals surface area contributed by atoms with Crippen LogP contribution in [0.4, 0.5) is 0 Å². The minimum absolute atomic E-state index is 0.145. The molecule has 416 valence electrons. The van der Waals surface area contributed by atoms with Gasteiger partial charge < -0.3 is 33.3 Å². The third-order valence-corrected chi connectivity index (χ3v) is 12.7. The lowest BCUT2D eigenvalue weighted by atomic mass is 10.0. The lowest BCUT2D eigenvalue weighted by Gasteiger charge is -2.26. The maximum absolute atomic E-state index is 12.9.